The zero-order valence-electron chi connectivity index (χ0n) is 55.9. The molecular weight excluding hydrogens is 1430 g/mol. The Labute approximate surface area is 594 Å². The van der Waals surface area contributed by atoms with Gasteiger partial charge in [0.1, 0.15) is 141 Å². The predicted octanol–water partition coefficient (Wildman–Crippen LogP) is -14.3. The van der Waals surface area contributed by atoms with E-state index in [0.29, 0.717) is 11.8 Å². The molecule has 0 aromatic carbocycles. The predicted molar refractivity (Wildman–Crippen MR) is 343 cm³/mol. The number of unbranched alkanes of at least 4 members (excludes halogenated alkanes) is 1. The summed E-state index contributed by atoms with van der Waals surface area (Å²) in [6.07, 6.45) is -37.5. The first-order valence-corrected chi connectivity index (χ1v) is 34.5. The molecule has 0 bridgehead atoms. The molecule has 10 amide bonds. The fraction of sp³-hybridized carbons (Fsp3) is 0.821. The van der Waals surface area contributed by atoms with Gasteiger partial charge in [0.25, 0.3) is 0 Å². The van der Waals surface area contributed by atoms with Crippen molar-refractivity contribution in [1.82, 2.24) is 47.9 Å². The Bertz CT molecular complexity index is 2890. The number of carbonyl (C=O) groups is 10. The molecule has 0 saturated carbocycles. The molecule has 25 N–H and O–H groups in total. The van der Waals surface area contributed by atoms with Gasteiger partial charge in [-0.3, -0.25) is 47.9 Å². The van der Waals surface area contributed by atoms with Crippen molar-refractivity contribution in [2.24, 2.45) is 10.8 Å². The molecule has 5 saturated heterocycles. The van der Waals surface area contributed by atoms with Gasteiger partial charge in [0.15, 0.2) is 31.3 Å². The normalized spacial score (nSPS) is 34.5. The van der Waals surface area contributed by atoms with Crippen molar-refractivity contribution in [2.75, 3.05) is 69.2 Å². The van der Waals surface area contributed by atoms with Crippen LogP contribution in [0.5, 0.6) is 0 Å². The van der Waals surface area contributed by atoms with E-state index in [9.17, 15) is 119 Å². The van der Waals surface area contributed by atoms with E-state index in [2.05, 4.69) is 57.9 Å². The largest absolute Gasteiger partial charge is 0.394 e. The second kappa shape index (κ2) is 42.2. The van der Waals surface area contributed by atoms with Gasteiger partial charge < -0.3 is 163 Å². The third-order valence-corrected chi connectivity index (χ3v) is 18.6. The molecule has 28 atom stereocenters. The molecule has 5 rings (SSSR count). The number of rotatable bonds is 37. The molecule has 586 valence electrons. The molecule has 103 heavy (non-hydrogen) atoms. The molecule has 5 heterocycles. The van der Waals surface area contributed by atoms with Crippen LogP contribution in [0.3, 0.4) is 0 Å². The van der Waals surface area contributed by atoms with Gasteiger partial charge in [-0.25, -0.2) is 0 Å². The second-order valence-corrected chi connectivity index (χ2v) is 26.4. The summed E-state index contributed by atoms with van der Waals surface area (Å²) in [5.74, 6) is -10.8. The van der Waals surface area contributed by atoms with Gasteiger partial charge in [-0.2, -0.15) is 0 Å². The number of aliphatic hydroxyl groups excluding tert-OH is 14. The van der Waals surface area contributed by atoms with Crippen LogP contribution >= 0.6 is 23.5 Å². The van der Waals surface area contributed by atoms with Crippen molar-refractivity contribution in [3.05, 3.63) is 10.4 Å². The Balaban J connectivity index is 1.26. The van der Waals surface area contributed by atoms with Gasteiger partial charge >= 0.3 is 0 Å². The lowest BCUT2D eigenvalue weighted by Gasteiger charge is -2.47. The molecule has 0 spiro atoms. The molecule has 47 heteroatoms. The number of aliphatic hydroxyl groups is 14. The minimum absolute atomic E-state index is 0.0132. The molecule has 5 fully saturated rings. The lowest BCUT2D eigenvalue weighted by Crippen LogP contribution is -2.70. The van der Waals surface area contributed by atoms with Crippen molar-refractivity contribution in [3.63, 3.8) is 0 Å². The van der Waals surface area contributed by atoms with E-state index in [-0.39, 0.29) is 25.8 Å². The summed E-state index contributed by atoms with van der Waals surface area (Å²) in [4.78, 5) is 133. The highest BCUT2D eigenvalue weighted by Gasteiger charge is 2.54. The number of nitrogens with zero attached hydrogens (tertiary/aromatic N) is 3. The number of nitrogens with one attached hydrogen (secondary N) is 9. The van der Waals surface area contributed by atoms with E-state index in [4.69, 9.17) is 49.2 Å². The van der Waals surface area contributed by atoms with E-state index >= 15 is 0 Å². The van der Waals surface area contributed by atoms with E-state index < -0.39 is 293 Å². The standard InChI is InChI=1S/C56H93N13O32S2/c1-19(75)60-25(16-103-18-33(81)67-53-35(62-21(3)77)41(86)48(30(13-74)96-53)101-56-45(90)43(88)38(83)27(10-71)99-56)51(93)64-23(7-5-6-8-59-31(79)14-94-46-28(11-72)97-54(68-69-58)36(39(46)84)63-22(4)78)50(92)65-24(49(57)91)15-102-17-32(80)66-52-34(61-20(2)76)40(85)47(29(12-73)95-52)100-55-44(89)42(87)37(82)26(9-70)98-55/h23-30,34-48,52-56,70-74,82-90H,5-18H2,1-4H3,(H2,57,91)(H,59,79)(H,60,75)(H,61,76)(H,62,77)(H,63,78)(H,64,93)(H,65,92)(H,66,80)(H,67,81)/t23-,24-,25-,26?,27?,28?,29?,30?,34?,35?,36?,37-,38-,39+,40+,41+,42-,43-,44?,45?,46+,47+,48+,52+,53+,54+,55-,56-/m0/s1. The first kappa shape index (κ1) is 87.5. The van der Waals surface area contributed by atoms with Crippen molar-refractivity contribution in [2.45, 2.75) is 218 Å². The number of amides is 10. The molecule has 0 aliphatic carbocycles. The number of primary amides is 1. The summed E-state index contributed by atoms with van der Waals surface area (Å²) in [6, 6.07) is -9.25. The van der Waals surface area contributed by atoms with Crippen LogP contribution in [0.1, 0.15) is 47.0 Å². The maximum Gasteiger partial charge on any atom is 0.246 e. The molecule has 0 radical (unpaired) electrons. The SMILES string of the molecule is CC(=O)NC1[C@H](N=[N+]=[N-])OC(CO)[C@@H](OCC(=O)NCCCC[C@H](NC(=O)[C@H](CSCC(=O)N[C@@H]2OC(CO)[C@@H](O[C@@H]3OC(CO)[C@H](O)[C@H](O)C3O)[C@H](O)C2NC(C)=O)NC(C)=O)C(=O)N[C@@H](CSCC(=O)N[C@@H]2OC(CO)[C@@H](O[C@@H]3OC(CO)[C@H](O)[C@H](O)C3O)[C@H](O)C2NC(C)=O)C(N)=O)[C@@H]1O. The average molecular weight is 1520 g/mol. The molecule has 0 aromatic rings. The van der Waals surface area contributed by atoms with Crippen molar-refractivity contribution in [3.8, 4) is 0 Å². The van der Waals surface area contributed by atoms with E-state index in [1.807, 2.05) is 0 Å². The quantitative estimate of drug-likeness (QED) is 0.0119. The number of carbonyl (C=O) groups excluding carboxylic acids is 10. The lowest BCUT2D eigenvalue weighted by atomic mass is 9.94. The number of thioether (sulfide) groups is 2. The van der Waals surface area contributed by atoms with Crippen LogP contribution in [0.4, 0.5) is 0 Å². The lowest BCUT2D eigenvalue weighted by molar-refractivity contribution is -0.336. The summed E-state index contributed by atoms with van der Waals surface area (Å²) in [6.45, 7) is -0.980. The molecular formula is C56H93N13O32S2. The van der Waals surface area contributed by atoms with Crippen LogP contribution in [0.25, 0.3) is 10.4 Å². The van der Waals surface area contributed by atoms with Crippen LogP contribution in [0.2, 0.25) is 0 Å². The van der Waals surface area contributed by atoms with Gasteiger partial charge in [0.05, 0.1) is 50.6 Å². The number of ether oxygens (including phenoxy) is 8. The molecule has 0 aromatic heterocycles. The summed E-state index contributed by atoms with van der Waals surface area (Å²) in [5, 5.41) is 171. The smallest absolute Gasteiger partial charge is 0.246 e. The summed E-state index contributed by atoms with van der Waals surface area (Å²) in [5.41, 5.74) is 14.7. The Morgan fingerprint density at radius 1 is 0.476 bits per heavy atom. The minimum Gasteiger partial charge on any atom is -0.394 e. The minimum atomic E-state index is -1.96. The third-order valence-electron chi connectivity index (χ3n) is 16.5. The highest BCUT2D eigenvalue weighted by Crippen LogP contribution is 2.32. The van der Waals surface area contributed by atoms with E-state index in [1.165, 1.54) is 0 Å². The second-order valence-electron chi connectivity index (χ2n) is 24.3. The van der Waals surface area contributed by atoms with E-state index in [1.54, 1.807) is 0 Å². The zero-order chi connectivity index (χ0) is 76.7. The fourth-order valence-corrected chi connectivity index (χ4v) is 13.1. The van der Waals surface area contributed by atoms with Gasteiger partial charge in [0, 0.05) is 50.7 Å². The number of azide groups is 1. The van der Waals surface area contributed by atoms with E-state index in [0.717, 1.165) is 39.5 Å². The first-order valence-electron chi connectivity index (χ1n) is 32.1. The number of nitrogens with two attached hydrogens (primary N) is 1. The van der Waals surface area contributed by atoms with Crippen molar-refractivity contribution >= 4 is 82.6 Å². The third kappa shape index (κ3) is 25.0. The fourth-order valence-electron chi connectivity index (χ4n) is 11.4. The monoisotopic (exact) mass is 1520 g/mol. The van der Waals surface area contributed by atoms with Crippen molar-refractivity contribution < 1.29 is 157 Å². The first-order chi connectivity index (χ1) is 48.7. The van der Waals surface area contributed by atoms with Crippen LogP contribution in [0.15, 0.2) is 5.11 Å². The zero-order valence-corrected chi connectivity index (χ0v) is 57.5. The summed E-state index contributed by atoms with van der Waals surface area (Å²) in [7, 11) is 0. The van der Waals surface area contributed by atoms with Gasteiger partial charge in [-0.05, 0) is 24.8 Å². The molecule has 5 aliphatic heterocycles. The van der Waals surface area contributed by atoms with Crippen molar-refractivity contribution in [1.29, 1.82) is 0 Å². The Morgan fingerprint density at radius 2 is 0.893 bits per heavy atom. The topological polar surface area (TPSA) is 711 Å². The highest BCUT2D eigenvalue weighted by atomic mass is 32.2. The van der Waals surface area contributed by atoms with Gasteiger partial charge in [-0.15, -0.1) is 23.5 Å². The average Bonchev–Trinajstić information content (AvgIpc) is 0.792. The van der Waals surface area contributed by atoms with Gasteiger partial charge in [0.2, 0.25) is 59.1 Å². The maximum atomic E-state index is 14.3. The maximum absolute atomic E-state index is 14.3. The highest BCUT2D eigenvalue weighted by molar-refractivity contribution is 8.00. The number of hydrogen-bond donors (Lipinski definition) is 24. The van der Waals surface area contributed by atoms with Crippen LogP contribution in [-0.2, 0) is 85.8 Å². The Hall–Kier alpha value is -6.17. The Kier molecular flexibility index (Phi) is 35.9. The van der Waals surface area contributed by atoms with Crippen LogP contribution in [-0.4, -0.2) is 371 Å². The molecule has 5 aliphatic rings. The number of hydrogen-bond acceptors (Lipinski definition) is 35. The van der Waals surface area contributed by atoms with Crippen LogP contribution < -0.4 is 53.6 Å². The molecule has 10 unspecified atom stereocenters. The van der Waals surface area contributed by atoms with Gasteiger partial charge in [-0.1, -0.05) is 5.11 Å². The Morgan fingerprint density at radius 3 is 1.32 bits per heavy atom. The molecule has 45 nitrogen and oxygen atoms in total. The summed E-state index contributed by atoms with van der Waals surface area (Å²) < 4.78 is 44.8. The summed E-state index contributed by atoms with van der Waals surface area (Å²) >= 11 is 1.43. The van der Waals surface area contributed by atoms with Crippen LogP contribution in [0, 0.1) is 0 Å².